The lowest BCUT2D eigenvalue weighted by atomic mass is 9.94. The molecule has 2 unspecified atom stereocenters. The molecule has 0 aromatic rings. The van der Waals surface area contributed by atoms with E-state index in [0.717, 1.165) is 18.6 Å². The van der Waals surface area contributed by atoms with Crippen molar-refractivity contribution in [2.75, 3.05) is 25.2 Å². The number of ether oxygens (including phenoxy) is 2. The summed E-state index contributed by atoms with van der Waals surface area (Å²) in [6.45, 7) is 2.62. The van der Waals surface area contributed by atoms with Gasteiger partial charge in [0.1, 0.15) is 12.0 Å². The highest BCUT2D eigenvalue weighted by Crippen LogP contribution is 2.20. The second-order valence-corrected chi connectivity index (χ2v) is 5.20. The van der Waals surface area contributed by atoms with E-state index in [0.29, 0.717) is 18.8 Å². The number of rotatable bonds is 6. The summed E-state index contributed by atoms with van der Waals surface area (Å²) in [5.74, 6) is 0.379. The third-order valence-corrected chi connectivity index (χ3v) is 3.80. The zero-order valence-corrected chi connectivity index (χ0v) is 11.3. The average molecular weight is 260 g/mol. The Balaban J connectivity index is 2.60. The second-order valence-electron chi connectivity index (χ2n) is 4.05. The zero-order valence-electron chi connectivity index (χ0n) is 10.4. The minimum atomic E-state index is -0.649. The summed E-state index contributed by atoms with van der Waals surface area (Å²) < 4.78 is 10.1. The van der Waals surface area contributed by atoms with Crippen LogP contribution >= 0.6 is 11.8 Å². The van der Waals surface area contributed by atoms with Gasteiger partial charge in [-0.2, -0.15) is 11.8 Å². The standard InChI is InChI=1S/C12H20O4S/c1-3-4-5-9(12(14)15-2)11(13)10-8-17-7-6-16-10/h9-10H,3-8H2,1-2H3. The SMILES string of the molecule is CCCCC(C(=O)OC)C(=O)C1CSCCO1. The molecule has 4 nitrogen and oxygen atoms in total. The van der Waals surface area contributed by atoms with Gasteiger partial charge in [-0.15, -0.1) is 0 Å². The first kappa shape index (κ1) is 14.5. The van der Waals surface area contributed by atoms with E-state index in [-0.39, 0.29) is 5.78 Å². The molecule has 1 aliphatic rings. The van der Waals surface area contributed by atoms with Gasteiger partial charge in [0.05, 0.1) is 13.7 Å². The fraction of sp³-hybridized carbons (Fsp3) is 0.833. The molecule has 5 heteroatoms. The smallest absolute Gasteiger partial charge is 0.316 e. The lowest BCUT2D eigenvalue weighted by Gasteiger charge is -2.24. The molecule has 0 aromatic carbocycles. The topological polar surface area (TPSA) is 52.6 Å². The molecule has 1 saturated heterocycles. The number of carbonyl (C=O) groups excluding carboxylic acids is 2. The molecule has 0 aromatic heterocycles. The van der Waals surface area contributed by atoms with Crippen LogP contribution in [-0.2, 0) is 19.1 Å². The monoisotopic (exact) mass is 260 g/mol. The van der Waals surface area contributed by atoms with Gasteiger partial charge in [-0.25, -0.2) is 0 Å². The number of Topliss-reactive ketones (excluding diaryl/α,β-unsaturated/α-hetero) is 1. The molecular formula is C12H20O4S. The fourth-order valence-corrected chi connectivity index (χ4v) is 2.66. The Kier molecular flexibility index (Phi) is 6.58. The van der Waals surface area contributed by atoms with Gasteiger partial charge in [0.2, 0.25) is 0 Å². The van der Waals surface area contributed by atoms with E-state index in [4.69, 9.17) is 9.47 Å². The molecule has 98 valence electrons. The van der Waals surface area contributed by atoms with Crippen LogP contribution in [-0.4, -0.2) is 43.1 Å². The van der Waals surface area contributed by atoms with Gasteiger partial charge >= 0.3 is 5.97 Å². The number of esters is 1. The van der Waals surface area contributed by atoms with Crippen LogP contribution in [0, 0.1) is 5.92 Å². The Labute approximate surface area is 106 Å². The van der Waals surface area contributed by atoms with Crippen molar-refractivity contribution in [3.8, 4) is 0 Å². The highest BCUT2D eigenvalue weighted by atomic mass is 32.2. The van der Waals surface area contributed by atoms with E-state index in [1.807, 2.05) is 6.92 Å². The summed E-state index contributed by atoms with van der Waals surface area (Å²) in [6, 6.07) is 0. The van der Waals surface area contributed by atoms with Crippen molar-refractivity contribution in [2.24, 2.45) is 5.92 Å². The first-order chi connectivity index (χ1) is 8.20. The minimum absolute atomic E-state index is 0.113. The van der Waals surface area contributed by atoms with Gasteiger partial charge in [-0.05, 0) is 6.42 Å². The maximum atomic E-state index is 12.2. The van der Waals surface area contributed by atoms with E-state index < -0.39 is 18.0 Å². The number of hydrogen-bond acceptors (Lipinski definition) is 5. The average Bonchev–Trinajstić information content (AvgIpc) is 2.39. The van der Waals surface area contributed by atoms with Crippen molar-refractivity contribution in [1.29, 1.82) is 0 Å². The third-order valence-electron chi connectivity index (χ3n) is 2.81. The highest BCUT2D eigenvalue weighted by molar-refractivity contribution is 7.99. The van der Waals surface area contributed by atoms with Crippen molar-refractivity contribution < 1.29 is 19.1 Å². The van der Waals surface area contributed by atoms with E-state index in [9.17, 15) is 9.59 Å². The molecule has 0 radical (unpaired) electrons. The van der Waals surface area contributed by atoms with Crippen LogP contribution < -0.4 is 0 Å². The van der Waals surface area contributed by atoms with Gasteiger partial charge in [0.25, 0.3) is 0 Å². The molecule has 0 saturated carbocycles. The predicted molar refractivity (Wildman–Crippen MR) is 67.1 cm³/mol. The molecule has 1 aliphatic heterocycles. The largest absolute Gasteiger partial charge is 0.468 e. The van der Waals surface area contributed by atoms with Crippen molar-refractivity contribution in [2.45, 2.75) is 32.3 Å². The maximum Gasteiger partial charge on any atom is 0.316 e. The first-order valence-corrected chi connectivity index (χ1v) is 7.17. The third kappa shape index (κ3) is 4.32. The highest BCUT2D eigenvalue weighted by Gasteiger charge is 2.34. The number of carbonyl (C=O) groups is 2. The predicted octanol–water partition coefficient (Wildman–Crippen LogP) is 1.67. The van der Waals surface area contributed by atoms with Crippen LogP contribution in [0.5, 0.6) is 0 Å². The maximum absolute atomic E-state index is 12.2. The van der Waals surface area contributed by atoms with E-state index >= 15 is 0 Å². The van der Waals surface area contributed by atoms with Gasteiger partial charge < -0.3 is 9.47 Å². The van der Waals surface area contributed by atoms with Crippen LogP contribution in [0.3, 0.4) is 0 Å². The Morgan fingerprint density at radius 3 is 2.82 bits per heavy atom. The van der Waals surface area contributed by atoms with Gasteiger partial charge in [0.15, 0.2) is 5.78 Å². The van der Waals surface area contributed by atoms with Crippen LogP contribution in [0.4, 0.5) is 0 Å². The van der Waals surface area contributed by atoms with Gasteiger partial charge in [-0.3, -0.25) is 9.59 Å². The van der Waals surface area contributed by atoms with Gasteiger partial charge in [-0.1, -0.05) is 19.8 Å². The Morgan fingerprint density at radius 1 is 1.53 bits per heavy atom. The van der Waals surface area contributed by atoms with Crippen molar-refractivity contribution in [3.05, 3.63) is 0 Å². The van der Waals surface area contributed by atoms with Gasteiger partial charge in [0, 0.05) is 11.5 Å². The van der Waals surface area contributed by atoms with E-state index in [1.54, 1.807) is 11.8 Å². The lowest BCUT2D eigenvalue weighted by Crippen LogP contribution is -2.39. The van der Waals surface area contributed by atoms with E-state index in [2.05, 4.69) is 0 Å². The Bertz CT molecular complexity index is 261. The fourth-order valence-electron chi connectivity index (χ4n) is 1.80. The summed E-state index contributed by atoms with van der Waals surface area (Å²) in [7, 11) is 1.32. The number of ketones is 1. The van der Waals surface area contributed by atoms with Crippen molar-refractivity contribution in [1.82, 2.24) is 0 Å². The summed E-state index contributed by atoms with van der Waals surface area (Å²) in [4.78, 5) is 23.8. The normalized spacial score (nSPS) is 21.9. The van der Waals surface area contributed by atoms with Crippen LogP contribution in [0.2, 0.25) is 0 Å². The van der Waals surface area contributed by atoms with E-state index in [1.165, 1.54) is 7.11 Å². The Morgan fingerprint density at radius 2 is 2.29 bits per heavy atom. The van der Waals surface area contributed by atoms with Crippen LogP contribution in [0.1, 0.15) is 26.2 Å². The molecule has 0 spiro atoms. The van der Waals surface area contributed by atoms with Crippen molar-refractivity contribution >= 4 is 23.5 Å². The molecule has 0 bridgehead atoms. The minimum Gasteiger partial charge on any atom is -0.468 e. The number of unbranched alkanes of at least 4 members (excludes halogenated alkanes) is 1. The molecule has 0 amide bonds. The molecule has 1 heterocycles. The number of hydrogen-bond donors (Lipinski definition) is 0. The molecule has 0 N–H and O–H groups in total. The summed E-state index contributed by atoms with van der Waals surface area (Å²) >= 11 is 1.69. The van der Waals surface area contributed by atoms with Crippen LogP contribution in [0.25, 0.3) is 0 Å². The molecule has 1 rings (SSSR count). The molecule has 17 heavy (non-hydrogen) atoms. The molecule has 2 atom stereocenters. The number of thioether (sulfide) groups is 1. The zero-order chi connectivity index (χ0) is 12.7. The lowest BCUT2D eigenvalue weighted by molar-refractivity contribution is -0.153. The molecule has 1 fully saturated rings. The van der Waals surface area contributed by atoms with Crippen molar-refractivity contribution in [3.63, 3.8) is 0 Å². The second kappa shape index (κ2) is 7.71. The summed E-state index contributed by atoms with van der Waals surface area (Å²) in [6.07, 6.45) is 1.94. The molecule has 0 aliphatic carbocycles. The van der Waals surface area contributed by atoms with Crippen LogP contribution in [0.15, 0.2) is 0 Å². The summed E-state index contributed by atoms with van der Waals surface area (Å²) in [5.41, 5.74) is 0. The number of methoxy groups -OCH3 is 1. The molecular weight excluding hydrogens is 240 g/mol. The quantitative estimate of drug-likeness (QED) is 0.537. The first-order valence-electron chi connectivity index (χ1n) is 6.01. The Hall–Kier alpha value is -0.550. The summed E-state index contributed by atoms with van der Waals surface area (Å²) in [5, 5.41) is 0.